The lowest BCUT2D eigenvalue weighted by atomic mass is 10.1. The molecule has 0 bridgehead atoms. The first-order valence-electron chi connectivity index (χ1n) is 7.72. The summed E-state index contributed by atoms with van der Waals surface area (Å²) in [7, 11) is -2.92. The van der Waals surface area contributed by atoms with Crippen molar-refractivity contribution in [3.05, 3.63) is 41.4 Å². The molecule has 0 spiro atoms. The molecule has 5 nitrogen and oxygen atoms in total. The Morgan fingerprint density at radius 2 is 1.96 bits per heavy atom. The predicted molar refractivity (Wildman–Crippen MR) is 94.2 cm³/mol. The quantitative estimate of drug-likeness (QED) is 0.880. The van der Waals surface area contributed by atoms with Crippen molar-refractivity contribution in [2.75, 3.05) is 24.7 Å². The Kier molecular flexibility index (Phi) is 4.96. The molecule has 1 atom stereocenters. The van der Waals surface area contributed by atoms with Crippen LogP contribution in [0.2, 0.25) is 5.02 Å². The number of hydrogen-bond donors (Lipinski definition) is 1. The van der Waals surface area contributed by atoms with Gasteiger partial charge in [0.25, 0.3) is 5.91 Å². The lowest BCUT2D eigenvalue weighted by molar-refractivity contribution is -0.123. The molecule has 1 unspecified atom stereocenters. The summed E-state index contributed by atoms with van der Waals surface area (Å²) in [5.41, 5.74) is 0. The van der Waals surface area contributed by atoms with Gasteiger partial charge in [-0.05, 0) is 24.5 Å². The van der Waals surface area contributed by atoms with E-state index < -0.39 is 9.84 Å². The molecule has 0 saturated carbocycles. The molecule has 0 radical (unpaired) electrons. The maximum absolute atomic E-state index is 11.9. The van der Waals surface area contributed by atoms with Crippen LogP contribution in [0.15, 0.2) is 36.4 Å². The van der Waals surface area contributed by atoms with Gasteiger partial charge in [0.15, 0.2) is 16.4 Å². The highest BCUT2D eigenvalue weighted by Gasteiger charge is 2.27. The molecule has 0 aromatic heterocycles. The summed E-state index contributed by atoms with van der Waals surface area (Å²) in [6, 6.07) is 11.0. The topological polar surface area (TPSA) is 72.5 Å². The van der Waals surface area contributed by atoms with E-state index >= 15 is 0 Å². The number of hydrogen-bond acceptors (Lipinski definition) is 4. The molecule has 0 aliphatic carbocycles. The molecule has 7 heteroatoms. The number of amides is 1. The molecular formula is C17H18ClNO4S. The maximum atomic E-state index is 11.9. The van der Waals surface area contributed by atoms with Gasteiger partial charge in [0.2, 0.25) is 0 Å². The number of sulfone groups is 1. The predicted octanol–water partition coefficient (Wildman–Crippen LogP) is 2.42. The smallest absolute Gasteiger partial charge is 0.257 e. The second-order valence-electron chi connectivity index (χ2n) is 5.95. The Bertz CT molecular complexity index is 866. The van der Waals surface area contributed by atoms with Crippen molar-refractivity contribution in [2.45, 2.75) is 6.42 Å². The van der Waals surface area contributed by atoms with Crippen molar-refractivity contribution in [1.82, 2.24) is 5.32 Å². The van der Waals surface area contributed by atoms with E-state index in [4.69, 9.17) is 16.3 Å². The first-order chi connectivity index (χ1) is 11.4. The van der Waals surface area contributed by atoms with Crippen molar-refractivity contribution >= 4 is 38.1 Å². The molecule has 1 fully saturated rings. The number of benzene rings is 2. The van der Waals surface area contributed by atoms with E-state index in [0.29, 0.717) is 23.7 Å². The van der Waals surface area contributed by atoms with Crippen LogP contribution in [-0.2, 0) is 14.6 Å². The van der Waals surface area contributed by atoms with Crippen LogP contribution < -0.4 is 10.1 Å². The molecular weight excluding hydrogens is 350 g/mol. The fourth-order valence-electron chi connectivity index (χ4n) is 2.85. The minimum absolute atomic E-state index is 0.00434. The summed E-state index contributed by atoms with van der Waals surface area (Å²) in [6.45, 7) is 0.244. The largest absolute Gasteiger partial charge is 0.483 e. The summed E-state index contributed by atoms with van der Waals surface area (Å²) in [4.78, 5) is 11.9. The Balaban J connectivity index is 1.56. The number of rotatable bonds is 5. The molecule has 3 rings (SSSR count). The van der Waals surface area contributed by atoms with Crippen LogP contribution in [-0.4, -0.2) is 39.0 Å². The third kappa shape index (κ3) is 3.99. The van der Waals surface area contributed by atoms with Crippen LogP contribution >= 0.6 is 11.6 Å². The SMILES string of the molecule is O=C(COc1ccc(Cl)c2ccccc12)NCC1CCS(=O)(=O)C1. The van der Waals surface area contributed by atoms with Crippen molar-refractivity contribution in [3.63, 3.8) is 0 Å². The van der Waals surface area contributed by atoms with Gasteiger partial charge >= 0.3 is 0 Å². The zero-order chi connectivity index (χ0) is 17.2. The Hall–Kier alpha value is -1.79. The summed E-state index contributed by atoms with van der Waals surface area (Å²) < 4.78 is 28.4. The average Bonchev–Trinajstić information content (AvgIpc) is 2.92. The molecule has 2 aromatic carbocycles. The van der Waals surface area contributed by atoms with Crippen LogP contribution in [0.3, 0.4) is 0 Å². The number of fused-ring (bicyclic) bond motifs is 1. The first kappa shape index (κ1) is 17.0. The van der Waals surface area contributed by atoms with E-state index in [-0.39, 0.29) is 29.9 Å². The van der Waals surface area contributed by atoms with Gasteiger partial charge in [-0.15, -0.1) is 0 Å². The van der Waals surface area contributed by atoms with Crippen molar-refractivity contribution in [2.24, 2.45) is 5.92 Å². The van der Waals surface area contributed by atoms with Gasteiger partial charge in [0, 0.05) is 22.3 Å². The Labute approximate surface area is 145 Å². The van der Waals surface area contributed by atoms with Crippen molar-refractivity contribution in [1.29, 1.82) is 0 Å². The minimum Gasteiger partial charge on any atom is -0.483 e. The van der Waals surface area contributed by atoms with Crippen molar-refractivity contribution in [3.8, 4) is 5.75 Å². The first-order valence-corrected chi connectivity index (χ1v) is 9.92. The zero-order valence-corrected chi connectivity index (χ0v) is 14.6. The summed E-state index contributed by atoms with van der Waals surface area (Å²) in [6.07, 6.45) is 0.602. The van der Waals surface area contributed by atoms with E-state index in [1.54, 1.807) is 12.1 Å². The van der Waals surface area contributed by atoms with E-state index in [1.807, 2.05) is 24.3 Å². The molecule has 1 heterocycles. The fourth-order valence-corrected chi connectivity index (χ4v) is 4.94. The molecule has 1 N–H and O–H groups in total. The molecule has 128 valence electrons. The summed E-state index contributed by atoms with van der Waals surface area (Å²) in [5, 5.41) is 5.08. The third-order valence-corrected chi connectivity index (χ3v) is 6.27. The highest BCUT2D eigenvalue weighted by molar-refractivity contribution is 7.91. The molecule has 1 aliphatic rings. The van der Waals surface area contributed by atoms with Crippen LogP contribution in [0.1, 0.15) is 6.42 Å². The lowest BCUT2D eigenvalue weighted by Gasteiger charge is -2.12. The lowest BCUT2D eigenvalue weighted by Crippen LogP contribution is -2.33. The molecule has 2 aromatic rings. The number of halogens is 1. The normalized spacial score (nSPS) is 19.3. The van der Waals surface area contributed by atoms with Gasteiger partial charge in [-0.3, -0.25) is 4.79 Å². The number of nitrogens with one attached hydrogen (secondary N) is 1. The standard InChI is InChI=1S/C17H18ClNO4S/c18-15-5-6-16(14-4-2-1-3-13(14)15)23-10-17(20)19-9-12-7-8-24(21,22)11-12/h1-6,12H,7-11H2,(H,19,20). The Morgan fingerprint density at radius 1 is 1.21 bits per heavy atom. The number of carbonyl (C=O) groups is 1. The molecule has 24 heavy (non-hydrogen) atoms. The van der Waals surface area contributed by atoms with Gasteiger partial charge in [-0.2, -0.15) is 0 Å². The highest BCUT2D eigenvalue weighted by atomic mass is 35.5. The van der Waals surface area contributed by atoms with E-state index in [0.717, 1.165) is 10.8 Å². The second-order valence-corrected chi connectivity index (χ2v) is 8.59. The van der Waals surface area contributed by atoms with Gasteiger partial charge in [-0.25, -0.2) is 8.42 Å². The van der Waals surface area contributed by atoms with E-state index in [1.165, 1.54) is 0 Å². The summed E-state index contributed by atoms with van der Waals surface area (Å²) >= 11 is 6.15. The van der Waals surface area contributed by atoms with Crippen LogP contribution in [0.5, 0.6) is 5.75 Å². The second kappa shape index (κ2) is 6.99. The Morgan fingerprint density at radius 3 is 2.67 bits per heavy atom. The third-order valence-electron chi connectivity index (χ3n) is 4.10. The minimum atomic E-state index is -2.92. The van der Waals surface area contributed by atoms with Gasteiger partial charge in [0.1, 0.15) is 5.75 Å². The van der Waals surface area contributed by atoms with Gasteiger partial charge < -0.3 is 10.1 Å². The van der Waals surface area contributed by atoms with Crippen molar-refractivity contribution < 1.29 is 17.9 Å². The number of ether oxygens (including phenoxy) is 1. The maximum Gasteiger partial charge on any atom is 0.257 e. The average molecular weight is 368 g/mol. The summed E-state index contributed by atoms with van der Waals surface area (Å²) in [5.74, 6) is 0.679. The van der Waals surface area contributed by atoms with Gasteiger partial charge in [-0.1, -0.05) is 35.9 Å². The van der Waals surface area contributed by atoms with Gasteiger partial charge in [0.05, 0.1) is 11.5 Å². The van der Waals surface area contributed by atoms with Crippen LogP contribution in [0.25, 0.3) is 10.8 Å². The van der Waals surface area contributed by atoms with E-state index in [9.17, 15) is 13.2 Å². The molecule has 1 aliphatic heterocycles. The van der Waals surface area contributed by atoms with Crippen LogP contribution in [0.4, 0.5) is 0 Å². The zero-order valence-electron chi connectivity index (χ0n) is 13.0. The van der Waals surface area contributed by atoms with Crippen LogP contribution in [0, 0.1) is 5.92 Å². The molecule has 1 saturated heterocycles. The van der Waals surface area contributed by atoms with E-state index in [2.05, 4.69) is 5.32 Å². The number of carbonyl (C=O) groups excluding carboxylic acids is 1. The monoisotopic (exact) mass is 367 g/mol. The fraction of sp³-hybridized carbons (Fsp3) is 0.353. The molecule has 1 amide bonds. The highest BCUT2D eigenvalue weighted by Crippen LogP contribution is 2.31.